The number of aliphatic hydroxyl groups is 1. The highest BCUT2D eigenvalue weighted by molar-refractivity contribution is 7.86. The number of rotatable bonds is 10. The van der Waals surface area contributed by atoms with Crippen LogP contribution in [0.4, 0.5) is 0 Å². The second-order valence-corrected chi connectivity index (χ2v) is 8.35. The van der Waals surface area contributed by atoms with Gasteiger partial charge in [-0.2, -0.15) is 29.5 Å². The zero-order chi connectivity index (χ0) is 26.7. The number of ketones is 1. The molecule has 0 fully saturated rings. The molecule has 2 aromatic rings. The fourth-order valence-corrected chi connectivity index (χ4v) is 3.82. The topological polar surface area (TPSA) is 205 Å². The maximum Gasteiger partial charge on any atom is 0.295 e. The van der Waals surface area contributed by atoms with Crippen LogP contribution in [0.3, 0.4) is 0 Å². The van der Waals surface area contributed by atoms with E-state index in [-0.39, 0.29) is 71.3 Å². The summed E-state index contributed by atoms with van der Waals surface area (Å²) in [6, 6.07) is 14.5. The zero-order valence-electron chi connectivity index (χ0n) is 18.6. The quantitative estimate of drug-likeness (QED) is 0.261. The van der Waals surface area contributed by atoms with Gasteiger partial charge in [0, 0.05) is 22.4 Å². The van der Waals surface area contributed by atoms with Crippen LogP contribution in [0.15, 0.2) is 41.3 Å². The highest BCUT2D eigenvalue weighted by atomic mass is 32.2. The molecule has 2 rings (SSSR count). The number of carbonyl (C=O) groups excluding carboxylic acids is 1. The second kappa shape index (κ2) is 12.7. The van der Waals surface area contributed by atoms with Gasteiger partial charge in [0.05, 0.1) is 13.2 Å². The SMILES string of the molecule is N#CC(C#N)=c1cc(OCCCC(=O)c2ccccc2S(=O)(=O)O)c(=C(C#N)C#N)cc1OCCO. The molecular formula is C24H18N4O7S. The van der Waals surface area contributed by atoms with Crippen molar-refractivity contribution in [3.8, 4) is 35.8 Å². The maximum atomic E-state index is 12.5. The standard InChI is InChI=1S/C24H18N4O7S/c25-12-16(13-26)19-11-23(35-9-7-29)20(17(14-27)15-28)10-22(19)34-8-3-5-21(30)18-4-1-2-6-24(18)36(31,32)33/h1-2,4,6,10-11,29H,3,5,7-9H2,(H,31,32,33). The summed E-state index contributed by atoms with van der Waals surface area (Å²) in [4.78, 5) is 12.0. The first-order valence-electron chi connectivity index (χ1n) is 10.2. The normalized spacial score (nSPS) is 10.2. The average molecular weight is 506 g/mol. The number of nitriles is 4. The molecule has 0 amide bonds. The molecule has 0 saturated heterocycles. The molecule has 0 saturated carbocycles. The average Bonchev–Trinajstić information content (AvgIpc) is 2.87. The Bertz CT molecular complexity index is 1540. The van der Waals surface area contributed by atoms with Gasteiger partial charge in [0.2, 0.25) is 0 Å². The number of benzene rings is 2. The second-order valence-electron chi connectivity index (χ2n) is 6.96. The first-order valence-corrected chi connectivity index (χ1v) is 11.6. The van der Waals surface area contributed by atoms with E-state index in [1.807, 2.05) is 0 Å². The Morgan fingerprint density at radius 3 is 1.83 bits per heavy atom. The first kappa shape index (κ1) is 27.5. The van der Waals surface area contributed by atoms with Gasteiger partial charge in [-0.1, -0.05) is 18.2 Å². The van der Waals surface area contributed by atoms with Crippen LogP contribution in [0.5, 0.6) is 11.5 Å². The fourth-order valence-electron chi connectivity index (χ4n) is 3.11. The van der Waals surface area contributed by atoms with Gasteiger partial charge >= 0.3 is 0 Å². The Balaban J connectivity index is 2.41. The lowest BCUT2D eigenvalue weighted by Crippen LogP contribution is -2.21. The largest absolute Gasteiger partial charge is 0.493 e. The van der Waals surface area contributed by atoms with Crippen molar-refractivity contribution < 1.29 is 32.3 Å². The van der Waals surface area contributed by atoms with Gasteiger partial charge in [-0.25, -0.2) is 0 Å². The Morgan fingerprint density at radius 2 is 1.36 bits per heavy atom. The van der Waals surface area contributed by atoms with Gasteiger partial charge in [-0.15, -0.1) is 0 Å². The molecule has 36 heavy (non-hydrogen) atoms. The monoisotopic (exact) mass is 506 g/mol. The molecule has 0 unspecified atom stereocenters. The molecule has 11 nitrogen and oxygen atoms in total. The molecule has 0 spiro atoms. The van der Waals surface area contributed by atoms with Gasteiger partial charge < -0.3 is 14.6 Å². The van der Waals surface area contributed by atoms with E-state index in [0.717, 1.165) is 6.07 Å². The number of nitrogens with zero attached hydrogens (tertiary/aromatic N) is 4. The molecule has 0 radical (unpaired) electrons. The van der Waals surface area contributed by atoms with E-state index in [0.29, 0.717) is 0 Å². The number of carbonyl (C=O) groups is 1. The van der Waals surface area contributed by atoms with Crippen molar-refractivity contribution in [2.24, 2.45) is 0 Å². The Kier molecular flexibility index (Phi) is 9.68. The molecule has 0 bridgehead atoms. The zero-order valence-corrected chi connectivity index (χ0v) is 19.4. The van der Waals surface area contributed by atoms with Gasteiger partial charge in [-0.3, -0.25) is 9.35 Å². The highest BCUT2D eigenvalue weighted by Crippen LogP contribution is 2.18. The summed E-state index contributed by atoms with van der Waals surface area (Å²) in [5.74, 6) is -0.621. The van der Waals surface area contributed by atoms with Crippen LogP contribution in [0.25, 0.3) is 11.1 Å². The first-order chi connectivity index (χ1) is 17.2. The van der Waals surface area contributed by atoms with Gasteiger partial charge in [-0.05, 0) is 24.6 Å². The van der Waals surface area contributed by atoms with Gasteiger partial charge in [0.1, 0.15) is 58.4 Å². The molecule has 2 N–H and O–H groups in total. The van der Waals surface area contributed by atoms with E-state index < -0.39 is 20.8 Å². The Morgan fingerprint density at radius 1 is 0.861 bits per heavy atom. The number of hydrogen-bond acceptors (Lipinski definition) is 10. The van der Waals surface area contributed by atoms with Gasteiger partial charge in [0.15, 0.2) is 5.78 Å². The van der Waals surface area contributed by atoms with Crippen molar-refractivity contribution in [3.63, 3.8) is 0 Å². The predicted octanol–water partition coefficient (Wildman–Crippen LogP) is 0.742. The van der Waals surface area contributed by atoms with E-state index in [1.165, 1.54) is 30.3 Å². The number of ether oxygens (including phenoxy) is 2. The molecule has 12 heteroatoms. The highest BCUT2D eigenvalue weighted by Gasteiger charge is 2.19. The lowest BCUT2D eigenvalue weighted by molar-refractivity contribution is 0.0970. The van der Waals surface area contributed by atoms with E-state index >= 15 is 0 Å². The molecule has 0 atom stereocenters. The van der Waals surface area contributed by atoms with Crippen molar-refractivity contribution in [2.75, 3.05) is 19.8 Å². The van der Waals surface area contributed by atoms with Crippen LogP contribution in [0.1, 0.15) is 23.2 Å². The molecule has 0 heterocycles. The minimum Gasteiger partial charge on any atom is -0.493 e. The minimum absolute atomic E-state index is 0.00923. The summed E-state index contributed by atoms with van der Waals surface area (Å²) >= 11 is 0. The third-order valence-electron chi connectivity index (χ3n) is 4.69. The lowest BCUT2D eigenvalue weighted by Gasteiger charge is -2.11. The summed E-state index contributed by atoms with van der Waals surface area (Å²) in [7, 11) is -4.60. The molecular weight excluding hydrogens is 488 g/mol. The lowest BCUT2D eigenvalue weighted by atomic mass is 10.1. The number of Topliss-reactive ketones (excluding diaryl/α,β-unsaturated/α-hetero) is 1. The number of aliphatic hydroxyl groups excluding tert-OH is 1. The van der Waals surface area contributed by atoms with E-state index in [9.17, 15) is 38.8 Å². The van der Waals surface area contributed by atoms with E-state index in [4.69, 9.17) is 14.6 Å². The summed E-state index contributed by atoms with van der Waals surface area (Å²) in [5.41, 5.74) is -0.869. The molecule has 182 valence electrons. The third kappa shape index (κ3) is 6.66. The van der Waals surface area contributed by atoms with Crippen molar-refractivity contribution in [1.29, 1.82) is 21.0 Å². The summed E-state index contributed by atoms with van der Waals surface area (Å²) in [6.07, 6.45) is -0.0784. The van der Waals surface area contributed by atoms with Crippen LogP contribution in [0.2, 0.25) is 0 Å². The fraction of sp³-hybridized carbons (Fsp3) is 0.208. The van der Waals surface area contributed by atoms with Crippen molar-refractivity contribution in [3.05, 3.63) is 52.4 Å². The third-order valence-corrected chi connectivity index (χ3v) is 5.60. The van der Waals surface area contributed by atoms with Crippen LogP contribution < -0.4 is 19.9 Å². The van der Waals surface area contributed by atoms with Crippen LogP contribution in [-0.4, -0.2) is 43.7 Å². The van der Waals surface area contributed by atoms with E-state index in [1.54, 1.807) is 24.3 Å². The molecule has 0 aliphatic carbocycles. The summed E-state index contributed by atoms with van der Waals surface area (Å²) in [5, 5.41) is 46.3. The van der Waals surface area contributed by atoms with Crippen molar-refractivity contribution in [1.82, 2.24) is 0 Å². The molecule has 2 aromatic carbocycles. The maximum absolute atomic E-state index is 12.5. The molecule has 0 aliphatic heterocycles. The Labute approximate surface area is 206 Å². The molecule has 0 aromatic heterocycles. The Hall–Kier alpha value is -4.72. The van der Waals surface area contributed by atoms with Crippen molar-refractivity contribution in [2.45, 2.75) is 17.7 Å². The minimum atomic E-state index is -4.60. The summed E-state index contributed by atoms with van der Waals surface area (Å²) < 4.78 is 43.4. The number of hydrogen-bond donors (Lipinski definition) is 2. The van der Waals surface area contributed by atoms with Crippen LogP contribution >= 0.6 is 0 Å². The smallest absolute Gasteiger partial charge is 0.295 e. The van der Waals surface area contributed by atoms with Crippen LogP contribution in [0, 0.1) is 45.3 Å². The molecule has 0 aliphatic rings. The van der Waals surface area contributed by atoms with Gasteiger partial charge in [0.25, 0.3) is 10.1 Å². The van der Waals surface area contributed by atoms with E-state index in [2.05, 4.69) is 0 Å². The van der Waals surface area contributed by atoms with Crippen molar-refractivity contribution >= 4 is 27.0 Å². The summed E-state index contributed by atoms with van der Waals surface area (Å²) in [6.45, 7) is -0.677. The predicted molar refractivity (Wildman–Crippen MR) is 123 cm³/mol. The van der Waals surface area contributed by atoms with Crippen LogP contribution in [-0.2, 0) is 10.1 Å².